The lowest BCUT2D eigenvalue weighted by molar-refractivity contribution is -0.139. The van der Waals surface area contributed by atoms with Crippen molar-refractivity contribution < 1.29 is 24.2 Å². The number of ether oxygens (including phenoxy) is 1. The molecule has 0 aliphatic heterocycles. The molecule has 0 spiro atoms. The van der Waals surface area contributed by atoms with Gasteiger partial charge in [0.05, 0.1) is 6.61 Å². The van der Waals surface area contributed by atoms with Crippen LogP contribution in [-0.4, -0.2) is 55.4 Å². The number of carbonyl (C=O) groups excluding carboxylic acids is 2. The van der Waals surface area contributed by atoms with Crippen molar-refractivity contribution in [2.75, 3.05) is 20.3 Å². The molecule has 0 aliphatic rings. The fourth-order valence-electron chi connectivity index (χ4n) is 1.23. The lowest BCUT2D eigenvalue weighted by Gasteiger charge is -2.17. The number of nitrogens with one attached hydrogen (secondary N) is 3. The van der Waals surface area contributed by atoms with Gasteiger partial charge in [-0.3, -0.25) is 4.79 Å². The molecular formula is C11H21N3O5. The largest absolute Gasteiger partial charge is 0.480 e. The maximum absolute atomic E-state index is 11.5. The Hall–Kier alpha value is -1.83. The van der Waals surface area contributed by atoms with E-state index >= 15 is 0 Å². The fraction of sp³-hybridized carbons (Fsp3) is 0.727. The highest BCUT2D eigenvalue weighted by Crippen LogP contribution is 1.91. The van der Waals surface area contributed by atoms with Gasteiger partial charge in [-0.2, -0.15) is 0 Å². The molecule has 4 N–H and O–H groups in total. The number of urea groups is 1. The number of aliphatic carboxylic acids is 1. The lowest BCUT2D eigenvalue weighted by atomic mass is 10.2. The first kappa shape index (κ1) is 17.2. The standard InChI is InChI=1S/C11H21N3O5/c1-4-8(10(16)17)14-11(18)13-7(2)9(15)12-5-6-19-3/h7-8H,4-6H2,1-3H3,(H,12,15)(H,16,17)(H2,13,14,18). The first-order valence-electron chi connectivity index (χ1n) is 5.98. The molecular weight excluding hydrogens is 254 g/mol. The van der Waals surface area contributed by atoms with Crippen molar-refractivity contribution in [2.24, 2.45) is 0 Å². The Morgan fingerprint density at radius 2 is 1.89 bits per heavy atom. The van der Waals surface area contributed by atoms with Gasteiger partial charge in [-0.15, -0.1) is 0 Å². The minimum Gasteiger partial charge on any atom is -0.480 e. The van der Waals surface area contributed by atoms with Gasteiger partial charge in [-0.05, 0) is 13.3 Å². The summed E-state index contributed by atoms with van der Waals surface area (Å²) in [5, 5.41) is 16.0. The number of hydrogen-bond donors (Lipinski definition) is 4. The van der Waals surface area contributed by atoms with Gasteiger partial charge in [-0.25, -0.2) is 9.59 Å². The van der Waals surface area contributed by atoms with Crippen molar-refractivity contribution in [3.8, 4) is 0 Å². The van der Waals surface area contributed by atoms with E-state index in [1.54, 1.807) is 6.92 Å². The maximum atomic E-state index is 11.5. The molecule has 0 fully saturated rings. The van der Waals surface area contributed by atoms with Crippen molar-refractivity contribution in [1.29, 1.82) is 0 Å². The molecule has 0 aromatic heterocycles. The van der Waals surface area contributed by atoms with Gasteiger partial charge >= 0.3 is 12.0 Å². The van der Waals surface area contributed by atoms with Gasteiger partial charge in [0.2, 0.25) is 5.91 Å². The average molecular weight is 275 g/mol. The zero-order valence-corrected chi connectivity index (χ0v) is 11.4. The van der Waals surface area contributed by atoms with Crippen LogP contribution in [0.25, 0.3) is 0 Å². The van der Waals surface area contributed by atoms with Gasteiger partial charge in [-0.1, -0.05) is 6.92 Å². The Balaban J connectivity index is 4.10. The predicted octanol–water partition coefficient (Wildman–Crippen LogP) is -0.700. The van der Waals surface area contributed by atoms with Crippen LogP contribution in [0.1, 0.15) is 20.3 Å². The van der Waals surface area contributed by atoms with E-state index in [4.69, 9.17) is 9.84 Å². The number of carboxylic acids is 1. The third-order valence-electron chi connectivity index (χ3n) is 2.36. The smallest absolute Gasteiger partial charge is 0.326 e. The highest BCUT2D eigenvalue weighted by molar-refractivity contribution is 5.88. The first-order valence-corrected chi connectivity index (χ1v) is 5.98. The fourth-order valence-corrected chi connectivity index (χ4v) is 1.23. The molecule has 0 radical (unpaired) electrons. The molecule has 8 heteroatoms. The second-order valence-electron chi connectivity index (χ2n) is 3.92. The summed E-state index contributed by atoms with van der Waals surface area (Å²) in [6, 6.07) is -2.42. The summed E-state index contributed by atoms with van der Waals surface area (Å²) in [5.74, 6) is -1.48. The minimum atomic E-state index is -1.12. The van der Waals surface area contributed by atoms with Crippen molar-refractivity contribution in [1.82, 2.24) is 16.0 Å². The number of carbonyl (C=O) groups is 3. The summed E-state index contributed by atoms with van der Waals surface area (Å²) in [5.41, 5.74) is 0. The Morgan fingerprint density at radius 1 is 1.26 bits per heavy atom. The van der Waals surface area contributed by atoms with Crippen LogP contribution >= 0.6 is 0 Å². The van der Waals surface area contributed by atoms with Gasteiger partial charge in [0.15, 0.2) is 0 Å². The second-order valence-corrected chi connectivity index (χ2v) is 3.92. The van der Waals surface area contributed by atoms with Crippen LogP contribution in [0.2, 0.25) is 0 Å². The predicted molar refractivity (Wildman–Crippen MR) is 67.7 cm³/mol. The number of methoxy groups -OCH3 is 1. The third kappa shape index (κ3) is 7.24. The van der Waals surface area contributed by atoms with Crippen molar-refractivity contribution in [3.05, 3.63) is 0 Å². The highest BCUT2D eigenvalue weighted by Gasteiger charge is 2.20. The topological polar surface area (TPSA) is 117 Å². The zero-order valence-electron chi connectivity index (χ0n) is 11.4. The molecule has 0 bridgehead atoms. The molecule has 2 atom stereocenters. The molecule has 0 aromatic rings. The van der Waals surface area contributed by atoms with E-state index in [-0.39, 0.29) is 12.3 Å². The molecule has 0 saturated carbocycles. The normalized spacial score (nSPS) is 13.2. The molecule has 0 aliphatic carbocycles. The van der Waals surface area contributed by atoms with E-state index in [1.165, 1.54) is 14.0 Å². The molecule has 110 valence electrons. The van der Waals surface area contributed by atoms with E-state index < -0.39 is 24.1 Å². The molecule has 8 nitrogen and oxygen atoms in total. The summed E-state index contributed by atoms with van der Waals surface area (Å²) in [6.45, 7) is 3.86. The number of amides is 3. The minimum absolute atomic E-state index is 0.261. The van der Waals surface area contributed by atoms with Crippen molar-refractivity contribution >= 4 is 17.9 Å². The summed E-state index contributed by atoms with van der Waals surface area (Å²) in [6.07, 6.45) is 0.261. The quantitative estimate of drug-likeness (QED) is 0.437. The zero-order chi connectivity index (χ0) is 14.8. The number of rotatable bonds is 8. The second kappa shape index (κ2) is 9.15. The number of hydrogen-bond acceptors (Lipinski definition) is 4. The lowest BCUT2D eigenvalue weighted by Crippen LogP contribution is -2.52. The molecule has 0 aromatic carbocycles. The van der Waals surface area contributed by atoms with E-state index in [9.17, 15) is 14.4 Å². The third-order valence-corrected chi connectivity index (χ3v) is 2.36. The SMILES string of the molecule is CCC(NC(=O)NC(C)C(=O)NCCOC)C(=O)O. The highest BCUT2D eigenvalue weighted by atomic mass is 16.5. The van der Waals surface area contributed by atoms with E-state index in [2.05, 4.69) is 16.0 Å². The van der Waals surface area contributed by atoms with Crippen molar-refractivity contribution in [3.63, 3.8) is 0 Å². The van der Waals surface area contributed by atoms with Crippen molar-refractivity contribution in [2.45, 2.75) is 32.4 Å². The Morgan fingerprint density at radius 3 is 2.37 bits per heavy atom. The Labute approximate surface area is 111 Å². The Bertz CT molecular complexity index is 321. The van der Waals surface area contributed by atoms with Crippen LogP contribution in [0.5, 0.6) is 0 Å². The first-order chi connectivity index (χ1) is 8.92. The van der Waals surface area contributed by atoms with Crippen LogP contribution in [0.15, 0.2) is 0 Å². The van der Waals surface area contributed by atoms with Crippen LogP contribution in [-0.2, 0) is 14.3 Å². The Kier molecular flexibility index (Phi) is 8.27. The molecule has 19 heavy (non-hydrogen) atoms. The van der Waals surface area contributed by atoms with Crippen LogP contribution in [0, 0.1) is 0 Å². The van der Waals surface area contributed by atoms with Crippen LogP contribution in [0.4, 0.5) is 4.79 Å². The van der Waals surface area contributed by atoms with Gasteiger partial charge in [0.25, 0.3) is 0 Å². The molecule has 0 rings (SSSR count). The van der Waals surface area contributed by atoms with E-state index in [0.717, 1.165) is 0 Å². The molecule has 2 unspecified atom stereocenters. The van der Waals surface area contributed by atoms with Gasteiger partial charge in [0, 0.05) is 13.7 Å². The number of carboxylic acid groups (broad SMARTS) is 1. The van der Waals surface area contributed by atoms with Gasteiger partial charge in [0.1, 0.15) is 12.1 Å². The van der Waals surface area contributed by atoms with Crippen LogP contribution in [0.3, 0.4) is 0 Å². The average Bonchev–Trinajstić information content (AvgIpc) is 2.35. The summed E-state index contributed by atoms with van der Waals surface area (Å²) in [4.78, 5) is 33.7. The molecule has 0 heterocycles. The molecule has 3 amide bonds. The van der Waals surface area contributed by atoms with E-state index in [1.807, 2.05) is 0 Å². The van der Waals surface area contributed by atoms with Crippen LogP contribution < -0.4 is 16.0 Å². The summed E-state index contributed by atoms with van der Waals surface area (Å²) >= 11 is 0. The molecule has 0 saturated heterocycles. The van der Waals surface area contributed by atoms with Gasteiger partial charge < -0.3 is 25.8 Å². The maximum Gasteiger partial charge on any atom is 0.326 e. The van der Waals surface area contributed by atoms with E-state index in [0.29, 0.717) is 13.2 Å². The summed E-state index contributed by atoms with van der Waals surface area (Å²) in [7, 11) is 1.51. The summed E-state index contributed by atoms with van der Waals surface area (Å²) < 4.78 is 4.77. The monoisotopic (exact) mass is 275 g/mol.